The number of urea groups is 1. The van der Waals surface area contributed by atoms with Gasteiger partial charge in [-0.3, -0.25) is 13.6 Å². The van der Waals surface area contributed by atoms with Gasteiger partial charge in [-0.15, -0.1) is 0 Å². The number of aromatic nitrogens is 6. The van der Waals surface area contributed by atoms with E-state index in [1.54, 1.807) is 49.6 Å². The summed E-state index contributed by atoms with van der Waals surface area (Å²) in [6.45, 7) is 4.86. The number of carbonyl (C=O) groups is 2. The van der Waals surface area contributed by atoms with Crippen LogP contribution in [0.5, 0.6) is 0 Å². The summed E-state index contributed by atoms with van der Waals surface area (Å²) in [5.74, 6) is 1.62. The van der Waals surface area contributed by atoms with Gasteiger partial charge in [0.05, 0.1) is 81.8 Å². The SMILES string of the molecule is CNC(=O)Nc1ccc(-c2cnc3c(NCCC(C)C)nc4cc(C#N)ccc4n23)cc1.N#Cc1ccc2c(c1)nc(NCC(O)CO)c1ncc(-c3ccc(C(=O)NC4CC4)cc3)n12. The van der Waals surface area contributed by atoms with Crippen LogP contribution < -0.4 is 26.6 Å². The largest absolute Gasteiger partial charge is 0.394 e. The number of imidazole rings is 2. The molecule has 4 aromatic carbocycles. The van der Waals surface area contributed by atoms with Crippen molar-refractivity contribution in [2.45, 2.75) is 45.3 Å². The van der Waals surface area contributed by atoms with Crippen LogP contribution in [0.3, 0.4) is 0 Å². The molecule has 17 nitrogen and oxygen atoms in total. The second kappa shape index (κ2) is 19.1. The second-order valence-corrected chi connectivity index (χ2v) is 16.1. The molecule has 1 aliphatic rings. The highest BCUT2D eigenvalue weighted by atomic mass is 16.3. The molecule has 1 fully saturated rings. The van der Waals surface area contributed by atoms with Gasteiger partial charge in [0.25, 0.3) is 5.91 Å². The molecular formula is C48H47N13O4. The standard InChI is InChI=1S/C24H25N7O.C24H22N6O3/c1-15(2)10-11-27-22-23-28-14-21(17-5-7-18(8-6-17)29-24(32)26-3)31(23)20-9-4-16(13-25)12-19(20)30-22;25-10-14-1-8-20-19(9-14)29-22(26-11-18(32)13-31)23-27-12-21(30(20)23)15-2-4-16(5-3-15)24(33)28-17-6-7-17/h4-9,12,14-15H,10-11H2,1-3H3,(H,27,30)(H2,26,29,32);1-5,8-9,12,17-18,31-32H,6-7,11,13H2,(H,26,29)(H,28,33). The third-order valence-electron chi connectivity index (χ3n) is 10.9. The molecule has 1 unspecified atom stereocenters. The summed E-state index contributed by atoms with van der Waals surface area (Å²) in [5.41, 5.74) is 10.1. The molecule has 0 saturated heterocycles. The minimum absolute atomic E-state index is 0.0743. The molecule has 4 aromatic heterocycles. The van der Waals surface area contributed by atoms with Gasteiger partial charge < -0.3 is 36.8 Å². The Bertz CT molecular complexity index is 3130. The molecule has 1 aliphatic carbocycles. The maximum absolute atomic E-state index is 12.3. The Morgan fingerprint density at radius 1 is 0.785 bits per heavy atom. The summed E-state index contributed by atoms with van der Waals surface area (Å²) >= 11 is 0. The summed E-state index contributed by atoms with van der Waals surface area (Å²) in [4.78, 5) is 42.5. The predicted molar refractivity (Wildman–Crippen MR) is 249 cm³/mol. The van der Waals surface area contributed by atoms with Gasteiger partial charge in [-0.05, 0) is 85.8 Å². The number of carbonyl (C=O) groups excluding carboxylic acids is 2. The summed E-state index contributed by atoms with van der Waals surface area (Å²) in [6.07, 6.45) is 5.68. The number of nitrogens with zero attached hydrogens (tertiary/aromatic N) is 8. The van der Waals surface area contributed by atoms with Crippen LogP contribution in [0, 0.1) is 28.6 Å². The Labute approximate surface area is 373 Å². The maximum atomic E-state index is 12.3. The van der Waals surface area contributed by atoms with Crippen LogP contribution >= 0.6 is 0 Å². The number of amides is 3. The highest BCUT2D eigenvalue weighted by Gasteiger charge is 2.24. The molecule has 0 aliphatic heterocycles. The number of hydrogen-bond donors (Lipinski definition) is 7. The molecule has 0 bridgehead atoms. The van der Waals surface area contributed by atoms with E-state index in [-0.39, 0.29) is 25.1 Å². The van der Waals surface area contributed by atoms with Crippen LogP contribution in [0.2, 0.25) is 0 Å². The van der Waals surface area contributed by atoms with Gasteiger partial charge in [0.2, 0.25) is 0 Å². The Morgan fingerprint density at radius 3 is 1.82 bits per heavy atom. The van der Waals surface area contributed by atoms with Gasteiger partial charge in [0.1, 0.15) is 0 Å². The molecule has 17 heteroatoms. The van der Waals surface area contributed by atoms with Crippen molar-refractivity contribution in [2.75, 3.05) is 42.7 Å². The van der Waals surface area contributed by atoms with Crippen LogP contribution in [0.1, 0.15) is 54.6 Å². The Kier molecular flexibility index (Phi) is 12.8. The molecule has 0 spiro atoms. The number of nitriles is 2. The number of fused-ring (bicyclic) bond motifs is 6. The number of rotatable bonds is 13. The van der Waals surface area contributed by atoms with Gasteiger partial charge in [-0.25, -0.2) is 24.7 Å². The number of hydrogen-bond acceptors (Lipinski definition) is 12. The van der Waals surface area contributed by atoms with E-state index < -0.39 is 6.10 Å². The predicted octanol–water partition coefficient (Wildman–Crippen LogP) is 6.71. The molecule has 328 valence electrons. The lowest BCUT2D eigenvalue weighted by atomic mass is 10.1. The minimum Gasteiger partial charge on any atom is -0.394 e. The number of nitrogens with one attached hydrogen (secondary N) is 5. The average molecular weight is 870 g/mol. The number of aliphatic hydroxyl groups excluding tert-OH is 2. The smallest absolute Gasteiger partial charge is 0.318 e. The van der Waals surface area contributed by atoms with E-state index in [0.717, 1.165) is 70.5 Å². The van der Waals surface area contributed by atoms with Crippen molar-refractivity contribution < 1.29 is 19.8 Å². The van der Waals surface area contributed by atoms with E-state index in [9.17, 15) is 25.2 Å². The van der Waals surface area contributed by atoms with Crippen molar-refractivity contribution in [1.82, 2.24) is 39.4 Å². The molecule has 9 rings (SSSR count). The quantitative estimate of drug-likeness (QED) is 0.0640. The molecule has 3 amide bonds. The zero-order chi connectivity index (χ0) is 45.6. The Hall–Kier alpha value is -8.12. The fourth-order valence-electron chi connectivity index (χ4n) is 7.22. The Morgan fingerprint density at radius 2 is 1.32 bits per heavy atom. The summed E-state index contributed by atoms with van der Waals surface area (Å²) in [7, 11) is 1.58. The van der Waals surface area contributed by atoms with Gasteiger partial charge in [-0.1, -0.05) is 38.1 Å². The molecule has 8 aromatic rings. The number of anilines is 3. The van der Waals surface area contributed by atoms with Crippen LogP contribution in [0.15, 0.2) is 97.3 Å². The first kappa shape index (κ1) is 43.5. The number of aliphatic hydroxyl groups is 2. The molecule has 4 heterocycles. The summed E-state index contributed by atoms with van der Waals surface area (Å²) in [5, 5.41) is 52.3. The van der Waals surface area contributed by atoms with Crippen molar-refractivity contribution in [1.29, 1.82) is 10.5 Å². The van der Waals surface area contributed by atoms with Crippen LogP contribution in [0.4, 0.5) is 22.1 Å². The van der Waals surface area contributed by atoms with E-state index in [2.05, 4.69) is 71.9 Å². The zero-order valence-corrected chi connectivity index (χ0v) is 36.0. The summed E-state index contributed by atoms with van der Waals surface area (Å²) < 4.78 is 3.98. The molecule has 1 atom stereocenters. The zero-order valence-electron chi connectivity index (χ0n) is 36.0. The van der Waals surface area contributed by atoms with Crippen LogP contribution in [-0.2, 0) is 0 Å². The Balaban J connectivity index is 0.000000177. The van der Waals surface area contributed by atoms with Crippen molar-refractivity contribution in [2.24, 2.45) is 5.92 Å². The molecular weight excluding hydrogens is 823 g/mol. The van der Waals surface area contributed by atoms with Crippen LogP contribution in [0.25, 0.3) is 55.9 Å². The van der Waals surface area contributed by atoms with Crippen molar-refractivity contribution >= 4 is 62.6 Å². The van der Waals surface area contributed by atoms with E-state index in [1.165, 1.54) is 0 Å². The lowest BCUT2D eigenvalue weighted by Gasteiger charge is -2.13. The molecule has 65 heavy (non-hydrogen) atoms. The van der Waals surface area contributed by atoms with Gasteiger partial charge in [0.15, 0.2) is 22.9 Å². The molecule has 1 saturated carbocycles. The van der Waals surface area contributed by atoms with Gasteiger partial charge in [0, 0.05) is 48.6 Å². The van der Waals surface area contributed by atoms with Crippen molar-refractivity contribution in [3.63, 3.8) is 0 Å². The van der Waals surface area contributed by atoms with E-state index in [1.807, 2.05) is 59.1 Å². The molecule has 0 radical (unpaired) electrons. The first-order chi connectivity index (χ1) is 31.6. The lowest BCUT2D eigenvalue weighted by Crippen LogP contribution is -2.25. The highest BCUT2D eigenvalue weighted by molar-refractivity contribution is 5.95. The molecule has 7 N–H and O–H groups in total. The first-order valence-electron chi connectivity index (χ1n) is 21.3. The first-order valence-corrected chi connectivity index (χ1v) is 21.3. The average Bonchev–Trinajstić information content (AvgIpc) is 3.84. The topological polar surface area (TPSA) is 243 Å². The minimum atomic E-state index is -0.947. The second-order valence-electron chi connectivity index (χ2n) is 16.1. The van der Waals surface area contributed by atoms with Crippen LogP contribution in [-0.4, -0.2) is 89.8 Å². The van der Waals surface area contributed by atoms with Gasteiger partial charge >= 0.3 is 6.03 Å². The third kappa shape index (κ3) is 9.62. The highest BCUT2D eigenvalue weighted by Crippen LogP contribution is 2.31. The normalized spacial score (nSPS) is 12.6. The number of benzene rings is 4. The van der Waals surface area contributed by atoms with Crippen molar-refractivity contribution in [3.8, 4) is 34.7 Å². The maximum Gasteiger partial charge on any atom is 0.318 e. The third-order valence-corrected chi connectivity index (χ3v) is 10.9. The monoisotopic (exact) mass is 869 g/mol. The van der Waals surface area contributed by atoms with E-state index in [4.69, 9.17) is 10.1 Å². The fraction of sp³-hybridized carbons (Fsp3) is 0.250. The van der Waals surface area contributed by atoms with Crippen molar-refractivity contribution in [3.05, 3.63) is 114 Å². The van der Waals surface area contributed by atoms with E-state index in [0.29, 0.717) is 57.1 Å². The van der Waals surface area contributed by atoms with E-state index >= 15 is 0 Å². The van der Waals surface area contributed by atoms with Gasteiger partial charge in [-0.2, -0.15) is 10.5 Å². The lowest BCUT2D eigenvalue weighted by molar-refractivity contribution is 0.0951. The fourth-order valence-corrected chi connectivity index (χ4v) is 7.22. The summed E-state index contributed by atoms with van der Waals surface area (Å²) in [6, 6.07) is 30.0.